The van der Waals surface area contributed by atoms with Crippen LogP contribution in [-0.4, -0.2) is 24.2 Å². The molecule has 1 rings (SSSR count). The minimum atomic E-state index is -0.166. The van der Waals surface area contributed by atoms with Crippen molar-refractivity contribution in [2.45, 2.75) is 6.42 Å². The van der Waals surface area contributed by atoms with Gasteiger partial charge in [-0.3, -0.25) is 4.79 Å². The summed E-state index contributed by atoms with van der Waals surface area (Å²) in [7, 11) is 0. The molecule has 0 saturated heterocycles. The van der Waals surface area contributed by atoms with Crippen LogP contribution in [-0.2, 0) is 0 Å². The predicted molar refractivity (Wildman–Crippen MR) is 55.5 cm³/mol. The zero-order valence-corrected chi connectivity index (χ0v) is 8.42. The molecule has 4 heteroatoms. The van der Waals surface area contributed by atoms with Crippen LogP contribution in [0.3, 0.4) is 0 Å². The van der Waals surface area contributed by atoms with Crippen molar-refractivity contribution >= 4 is 17.5 Å². The van der Waals surface area contributed by atoms with E-state index in [1.807, 2.05) is 0 Å². The molecular weight excluding hydrogens is 202 g/mol. The number of amides is 1. The summed E-state index contributed by atoms with van der Waals surface area (Å²) in [4.78, 5) is 11.4. The number of hydrogen-bond acceptors (Lipinski definition) is 2. The van der Waals surface area contributed by atoms with Crippen molar-refractivity contribution in [2.75, 3.05) is 13.2 Å². The molecule has 0 unspecified atom stereocenters. The van der Waals surface area contributed by atoms with Crippen LogP contribution < -0.4 is 5.32 Å². The van der Waals surface area contributed by atoms with Gasteiger partial charge in [-0.25, -0.2) is 0 Å². The highest BCUT2D eigenvalue weighted by molar-refractivity contribution is 6.30. The summed E-state index contributed by atoms with van der Waals surface area (Å²) in [6.07, 6.45) is 0.562. The van der Waals surface area contributed by atoms with Gasteiger partial charge in [-0.2, -0.15) is 0 Å². The first-order valence-electron chi connectivity index (χ1n) is 4.38. The highest BCUT2D eigenvalue weighted by Crippen LogP contribution is 2.10. The first-order valence-corrected chi connectivity index (χ1v) is 4.76. The Morgan fingerprint density at radius 2 is 2.29 bits per heavy atom. The van der Waals surface area contributed by atoms with E-state index in [0.29, 0.717) is 23.6 Å². The highest BCUT2D eigenvalue weighted by atomic mass is 35.5. The lowest BCUT2D eigenvalue weighted by Gasteiger charge is -2.03. The van der Waals surface area contributed by atoms with Gasteiger partial charge in [0.25, 0.3) is 5.91 Å². The lowest BCUT2D eigenvalue weighted by molar-refractivity contribution is 0.0951. The monoisotopic (exact) mass is 213 g/mol. The average molecular weight is 214 g/mol. The van der Waals surface area contributed by atoms with E-state index in [4.69, 9.17) is 16.7 Å². The van der Waals surface area contributed by atoms with Crippen LogP contribution in [0.1, 0.15) is 16.8 Å². The molecule has 0 heterocycles. The topological polar surface area (TPSA) is 49.3 Å². The van der Waals surface area contributed by atoms with Gasteiger partial charge in [0.1, 0.15) is 0 Å². The summed E-state index contributed by atoms with van der Waals surface area (Å²) >= 11 is 5.73. The Kier molecular flexibility index (Phi) is 4.43. The highest BCUT2D eigenvalue weighted by Gasteiger charge is 2.03. The first kappa shape index (κ1) is 11.0. The maximum Gasteiger partial charge on any atom is 0.251 e. The van der Waals surface area contributed by atoms with E-state index in [0.717, 1.165) is 0 Å². The Morgan fingerprint density at radius 3 is 2.93 bits per heavy atom. The van der Waals surface area contributed by atoms with Gasteiger partial charge in [0.05, 0.1) is 0 Å². The van der Waals surface area contributed by atoms with E-state index < -0.39 is 0 Å². The molecule has 0 spiro atoms. The summed E-state index contributed by atoms with van der Waals surface area (Å²) in [6, 6.07) is 6.74. The number of rotatable bonds is 4. The zero-order valence-electron chi connectivity index (χ0n) is 7.66. The van der Waals surface area contributed by atoms with Gasteiger partial charge < -0.3 is 10.4 Å². The van der Waals surface area contributed by atoms with Crippen molar-refractivity contribution in [1.29, 1.82) is 0 Å². The lowest BCUT2D eigenvalue weighted by Crippen LogP contribution is -2.24. The van der Waals surface area contributed by atoms with E-state index in [2.05, 4.69) is 5.32 Å². The van der Waals surface area contributed by atoms with E-state index in [1.54, 1.807) is 24.3 Å². The molecular formula is C10H12ClNO2. The van der Waals surface area contributed by atoms with Crippen LogP contribution in [0.2, 0.25) is 5.02 Å². The molecule has 1 aromatic carbocycles. The number of halogens is 1. The molecule has 3 nitrogen and oxygen atoms in total. The van der Waals surface area contributed by atoms with Crippen molar-refractivity contribution in [1.82, 2.24) is 5.32 Å². The summed E-state index contributed by atoms with van der Waals surface area (Å²) < 4.78 is 0. The van der Waals surface area contributed by atoms with E-state index in [1.165, 1.54) is 0 Å². The maximum atomic E-state index is 11.4. The molecule has 0 aliphatic rings. The smallest absolute Gasteiger partial charge is 0.251 e. The van der Waals surface area contributed by atoms with Crippen LogP contribution in [0.15, 0.2) is 24.3 Å². The van der Waals surface area contributed by atoms with Crippen LogP contribution in [0.5, 0.6) is 0 Å². The van der Waals surface area contributed by atoms with Crippen LogP contribution in [0.4, 0.5) is 0 Å². The van der Waals surface area contributed by atoms with E-state index in [9.17, 15) is 4.79 Å². The van der Waals surface area contributed by atoms with Crippen molar-refractivity contribution in [3.63, 3.8) is 0 Å². The molecule has 0 radical (unpaired) electrons. The lowest BCUT2D eigenvalue weighted by atomic mass is 10.2. The molecule has 76 valence electrons. The molecule has 0 aliphatic carbocycles. The van der Waals surface area contributed by atoms with Gasteiger partial charge in [-0.1, -0.05) is 17.7 Å². The fourth-order valence-electron chi connectivity index (χ4n) is 1.01. The van der Waals surface area contributed by atoms with Crippen LogP contribution in [0, 0.1) is 0 Å². The second-order valence-corrected chi connectivity index (χ2v) is 3.28. The second-order valence-electron chi connectivity index (χ2n) is 2.84. The number of carbonyl (C=O) groups excluding carboxylic acids is 1. The van der Waals surface area contributed by atoms with Crippen molar-refractivity contribution in [3.05, 3.63) is 34.9 Å². The van der Waals surface area contributed by atoms with Crippen molar-refractivity contribution in [2.24, 2.45) is 0 Å². The predicted octanol–water partition coefficient (Wildman–Crippen LogP) is 1.45. The van der Waals surface area contributed by atoms with Gasteiger partial charge in [-0.05, 0) is 24.6 Å². The summed E-state index contributed by atoms with van der Waals surface area (Å²) in [6.45, 7) is 0.553. The number of hydrogen-bond donors (Lipinski definition) is 2. The zero-order chi connectivity index (χ0) is 10.4. The molecule has 0 aromatic heterocycles. The third-order valence-corrected chi connectivity index (χ3v) is 1.94. The molecule has 1 aromatic rings. The van der Waals surface area contributed by atoms with Gasteiger partial charge in [-0.15, -0.1) is 0 Å². The molecule has 0 fully saturated rings. The molecule has 0 atom stereocenters. The number of aliphatic hydroxyl groups is 1. The van der Waals surface area contributed by atoms with Gasteiger partial charge in [0.15, 0.2) is 0 Å². The summed E-state index contributed by atoms with van der Waals surface area (Å²) in [5.41, 5.74) is 0.537. The number of benzene rings is 1. The molecule has 0 aliphatic heterocycles. The summed E-state index contributed by atoms with van der Waals surface area (Å²) in [5, 5.41) is 11.7. The Bertz CT molecular complexity index is 315. The molecule has 0 saturated carbocycles. The van der Waals surface area contributed by atoms with Crippen molar-refractivity contribution < 1.29 is 9.90 Å². The largest absolute Gasteiger partial charge is 0.396 e. The van der Waals surface area contributed by atoms with E-state index >= 15 is 0 Å². The molecule has 2 N–H and O–H groups in total. The molecule has 0 bridgehead atoms. The number of aliphatic hydroxyl groups excluding tert-OH is 1. The Morgan fingerprint density at radius 1 is 1.50 bits per heavy atom. The fourth-order valence-corrected chi connectivity index (χ4v) is 1.20. The summed E-state index contributed by atoms with van der Waals surface area (Å²) in [5.74, 6) is -0.166. The fraction of sp³-hybridized carbons (Fsp3) is 0.300. The third kappa shape index (κ3) is 3.36. The number of nitrogens with one attached hydrogen (secondary N) is 1. The molecule has 14 heavy (non-hydrogen) atoms. The standard InChI is InChI=1S/C10H12ClNO2/c11-9-4-1-3-8(7-9)10(14)12-5-2-6-13/h1,3-4,7,13H,2,5-6H2,(H,12,14). The second kappa shape index (κ2) is 5.62. The Balaban J connectivity index is 2.52. The maximum absolute atomic E-state index is 11.4. The van der Waals surface area contributed by atoms with Gasteiger partial charge >= 0.3 is 0 Å². The van der Waals surface area contributed by atoms with Crippen molar-refractivity contribution in [3.8, 4) is 0 Å². The Labute approximate surface area is 87.7 Å². The number of carbonyl (C=O) groups is 1. The minimum Gasteiger partial charge on any atom is -0.396 e. The van der Waals surface area contributed by atoms with Crippen LogP contribution in [0.25, 0.3) is 0 Å². The quantitative estimate of drug-likeness (QED) is 0.744. The molecule has 1 amide bonds. The first-order chi connectivity index (χ1) is 6.74. The van der Waals surface area contributed by atoms with Gasteiger partial charge in [0.2, 0.25) is 0 Å². The van der Waals surface area contributed by atoms with Crippen LogP contribution >= 0.6 is 11.6 Å². The minimum absolute atomic E-state index is 0.0792. The SMILES string of the molecule is O=C(NCCCO)c1cccc(Cl)c1. The van der Waals surface area contributed by atoms with E-state index in [-0.39, 0.29) is 12.5 Å². The third-order valence-electron chi connectivity index (χ3n) is 1.71. The Hall–Kier alpha value is -1.06. The normalized spacial score (nSPS) is 9.86. The van der Waals surface area contributed by atoms with Gasteiger partial charge in [0, 0.05) is 23.7 Å². The average Bonchev–Trinajstić information content (AvgIpc) is 2.18.